The van der Waals surface area contributed by atoms with Gasteiger partial charge in [-0.2, -0.15) is 0 Å². The lowest BCUT2D eigenvalue weighted by Crippen LogP contribution is -2.12. The molecule has 0 unspecified atom stereocenters. The molecule has 0 bridgehead atoms. The van der Waals surface area contributed by atoms with E-state index in [1.54, 1.807) is 31.2 Å². The predicted octanol–water partition coefficient (Wildman–Crippen LogP) is 3.33. The standard InChI is InChI=1S/C17H12N4O2/c1-10-8-16(21-23-10)20-17(22)11-6-7-14-15(9-11)19-13-5-3-2-4-12(13)18-14/h2-9H,1H3,(H,20,21,22). The van der Waals surface area contributed by atoms with Crippen molar-refractivity contribution in [3.05, 3.63) is 59.9 Å². The molecule has 0 radical (unpaired) electrons. The topological polar surface area (TPSA) is 80.9 Å². The second-order valence-electron chi connectivity index (χ2n) is 5.19. The monoisotopic (exact) mass is 304 g/mol. The van der Waals surface area contributed by atoms with Gasteiger partial charge in [0.2, 0.25) is 0 Å². The van der Waals surface area contributed by atoms with Gasteiger partial charge < -0.3 is 9.84 Å². The second-order valence-corrected chi connectivity index (χ2v) is 5.19. The lowest BCUT2D eigenvalue weighted by molar-refractivity contribution is 0.102. The van der Waals surface area contributed by atoms with E-state index in [2.05, 4.69) is 20.4 Å². The molecule has 0 fully saturated rings. The highest BCUT2D eigenvalue weighted by Gasteiger charge is 2.11. The number of nitrogens with zero attached hydrogens (tertiary/aromatic N) is 3. The molecule has 0 saturated heterocycles. The zero-order chi connectivity index (χ0) is 15.8. The van der Waals surface area contributed by atoms with E-state index < -0.39 is 0 Å². The van der Waals surface area contributed by atoms with Gasteiger partial charge in [0.05, 0.1) is 22.1 Å². The molecule has 4 aromatic rings. The number of carbonyl (C=O) groups is 1. The van der Waals surface area contributed by atoms with Crippen LogP contribution < -0.4 is 5.32 Å². The van der Waals surface area contributed by atoms with Gasteiger partial charge in [0, 0.05) is 11.6 Å². The van der Waals surface area contributed by atoms with Crippen LogP contribution in [0, 0.1) is 6.92 Å². The van der Waals surface area contributed by atoms with Crippen LogP contribution in [0.15, 0.2) is 53.1 Å². The number of hydrogen-bond donors (Lipinski definition) is 1. The summed E-state index contributed by atoms with van der Waals surface area (Å²) in [6.45, 7) is 1.76. The Kier molecular flexibility index (Phi) is 3.01. The lowest BCUT2D eigenvalue weighted by Gasteiger charge is -2.04. The summed E-state index contributed by atoms with van der Waals surface area (Å²) in [7, 11) is 0. The normalized spacial score (nSPS) is 11.0. The van der Waals surface area contributed by atoms with Crippen molar-refractivity contribution in [3.63, 3.8) is 0 Å². The van der Waals surface area contributed by atoms with Crippen molar-refractivity contribution in [1.29, 1.82) is 0 Å². The Morgan fingerprint density at radius 3 is 2.35 bits per heavy atom. The van der Waals surface area contributed by atoms with Gasteiger partial charge in [-0.25, -0.2) is 9.97 Å². The van der Waals surface area contributed by atoms with E-state index in [9.17, 15) is 4.79 Å². The minimum absolute atomic E-state index is 0.268. The van der Waals surface area contributed by atoms with Crippen molar-refractivity contribution in [2.45, 2.75) is 6.92 Å². The Balaban J connectivity index is 1.72. The quantitative estimate of drug-likeness (QED) is 0.574. The van der Waals surface area contributed by atoms with Crippen LogP contribution in [-0.2, 0) is 0 Å². The first kappa shape index (κ1) is 13.4. The van der Waals surface area contributed by atoms with Crippen molar-refractivity contribution in [2.75, 3.05) is 5.32 Å². The van der Waals surface area contributed by atoms with Crippen LogP contribution in [-0.4, -0.2) is 21.0 Å². The molecule has 1 N–H and O–H groups in total. The fourth-order valence-corrected chi connectivity index (χ4v) is 2.38. The summed E-state index contributed by atoms with van der Waals surface area (Å²) in [6, 6.07) is 14.5. The molecule has 0 aliphatic carbocycles. The summed E-state index contributed by atoms with van der Waals surface area (Å²) in [6.07, 6.45) is 0. The van der Waals surface area contributed by atoms with Crippen LogP contribution in [0.4, 0.5) is 5.82 Å². The molecule has 0 atom stereocenters. The van der Waals surface area contributed by atoms with E-state index in [-0.39, 0.29) is 5.91 Å². The van der Waals surface area contributed by atoms with Crippen LogP contribution >= 0.6 is 0 Å². The van der Waals surface area contributed by atoms with Crippen molar-refractivity contribution >= 4 is 33.8 Å². The highest BCUT2D eigenvalue weighted by molar-refractivity contribution is 6.05. The Morgan fingerprint density at radius 2 is 1.65 bits per heavy atom. The van der Waals surface area contributed by atoms with Gasteiger partial charge in [-0.15, -0.1) is 0 Å². The smallest absolute Gasteiger partial charge is 0.256 e. The van der Waals surface area contributed by atoms with Gasteiger partial charge in [-0.3, -0.25) is 4.79 Å². The van der Waals surface area contributed by atoms with Gasteiger partial charge in [0.15, 0.2) is 5.82 Å². The van der Waals surface area contributed by atoms with Gasteiger partial charge in [-0.05, 0) is 37.3 Å². The SMILES string of the molecule is Cc1cc(NC(=O)c2ccc3nc4ccccc4nc3c2)no1. The highest BCUT2D eigenvalue weighted by atomic mass is 16.5. The third kappa shape index (κ3) is 2.50. The molecule has 4 rings (SSSR count). The molecule has 6 heteroatoms. The molecule has 0 aliphatic rings. The van der Waals surface area contributed by atoms with Gasteiger partial charge >= 0.3 is 0 Å². The number of rotatable bonds is 2. The Hall–Kier alpha value is -3.28. The van der Waals surface area contributed by atoms with Gasteiger partial charge in [0.1, 0.15) is 5.76 Å². The van der Waals surface area contributed by atoms with E-state index in [0.717, 1.165) is 16.6 Å². The summed E-state index contributed by atoms with van der Waals surface area (Å²) in [4.78, 5) is 21.4. The van der Waals surface area contributed by atoms with Gasteiger partial charge in [0.25, 0.3) is 5.91 Å². The second kappa shape index (κ2) is 5.17. The lowest BCUT2D eigenvalue weighted by atomic mass is 10.1. The molecule has 2 aromatic heterocycles. The Labute approximate surface area is 131 Å². The highest BCUT2D eigenvalue weighted by Crippen LogP contribution is 2.18. The van der Waals surface area contributed by atoms with E-state index in [1.165, 1.54) is 0 Å². The largest absolute Gasteiger partial charge is 0.360 e. The summed E-state index contributed by atoms with van der Waals surface area (Å²) in [5.41, 5.74) is 3.54. The maximum atomic E-state index is 12.3. The summed E-state index contributed by atoms with van der Waals surface area (Å²) in [5.74, 6) is 0.753. The molecule has 23 heavy (non-hydrogen) atoms. The van der Waals surface area contributed by atoms with Crippen molar-refractivity contribution in [1.82, 2.24) is 15.1 Å². The minimum Gasteiger partial charge on any atom is -0.360 e. The van der Waals surface area contributed by atoms with Gasteiger partial charge in [-0.1, -0.05) is 17.3 Å². The number of hydrogen-bond acceptors (Lipinski definition) is 5. The van der Waals surface area contributed by atoms with E-state index in [1.807, 2.05) is 24.3 Å². The number of carbonyl (C=O) groups excluding carboxylic acids is 1. The van der Waals surface area contributed by atoms with Crippen molar-refractivity contribution in [3.8, 4) is 0 Å². The fourth-order valence-electron chi connectivity index (χ4n) is 2.38. The molecule has 6 nitrogen and oxygen atoms in total. The molecule has 112 valence electrons. The first-order valence-electron chi connectivity index (χ1n) is 7.10. The average molecular weight is 304 g/mol. The zero-order valence-electron chi connectivity index (χ0n) is 12.3. The fraction of sp³-hybridized carbons (Fsp3) is 0.0588. The number of para-hydroxylation sites is 2. The van der Waals surface area contributed by atoms with Crippen LogP contribution in [0.1, 0.15) is 16.1 Å². The molecule has 1 amide bonds. The number of nitrogens with one attached hydrogen (secondary N) is 1. The number of anilines is 1. The Bertz CT molecular complexity index is 1040. The molecular formula is C17H12N4O2. The first-order chi connectivity index (χ1) is 11.2. The molecule has 0 aliphatic heterocycles. The summed E-state index contributed by atoms with van der Waals surface area (Å²) in [5, 5.41) is 6.44. The molecule has 2 aromatic carbocycles. The maximum absolute atomic E-state index is 12.3. The van der Waals surface area contributed by atoms with Crippen LogP contribution in [0.5, 0.6) is 0 Å². The van der Waals surface area contributed by atoms with E-state index in [4.69, 9.17) is 4.52 Å². The third-order valence-corrected chi connectivity index (χ3v) is 3.47. The van der Waals surface area contributed by atoms with E-state index in [0.29, 0.717) is 22.7 Å². The van der Waals surface area contributed by atoms with Crippen LogP contribution in [0.2, 0.25) is 0 Å². The number of aromatic nitrogens is 3. The predicted molar refractivity (Wildman–Crippen MR) is 86.2 cm³/mol. The summed E-state index contributed by atoms with van der Waals surface area (Å²) < 4.78 is 4.93. The summed E-state index contributed by atoms with van der Waals surface area (Å²) >= 11 is 0. The number of fused-ring (bicyclic) bond motifs is 2. The zero-order valence-corrected chi connectivity index (χ0v) is 12.3. The molecule has 2 heterocycles. The van der Waals surface area contributed by atoms with Crippen molar-refractivity contribution < 1.29 is 9.32 Å². The van der Waals surface area contributed by atoms with E-state index >= 15 is 0 Å². The molecule has 0 saturated carbocycles. The number of aryl methyl sites for hydroxylation is 1. The molecular weight excluding hydrogens is 292 g/mol. The van der Waals surface area contributed by atoms with Crippen LogP contribution in [0.25, 0.3) is 22.1 Å². The van der Waals surface area contributed by atoms with Crippen LogP contribution in [0.3, 0.4) is 0 Å². The molecule has 0 spiro atoms. The van der Waals surface area contributed by atoms with Crippen molar-refractivity contribution in [2.24, 2.45) is 0 Å². The minimum atomic E-state index is -0.268. The third-order valence-electron chi connectivity index (χ3n) is 3.47. The maximum Gasteiger partial charge on any atom is 0.256 e. The number of benzene rings is 2. The average Bonchev–Trinajstić information content (AvgIpc) is 2.97. The first-order valence-corrected chi connectivity index (χ1v) is 7.10. The Morgan fingerprint density at radius 1 is 0.957 bits per heavy atom. The number of amides is 1.